The molecule has 8 heteroatoms. The van der Waals surface area contributed by atoms with E-state index < -0.39 is 0 Å². The molecule has 0 spiro atoms. The third kappa shape index (κ3) is 6.26. The molecule has 0 radical (unpaired) electrons. The number of piperidine rings is 1. The Balaban J connectivity index is 0.00000220. The minimum Gasteiger partial charge on any atom is -0.351 e. The fourth-order valence-electron chi connectivity index (χ4n) is 2.49. The number of halogens is 4. The molecule has 1 fully saturated rings. The summed E-state index contributed by atoms with van der Waals surface area (Å²) in [4.78, 5) is 13.5. The molecule has 4 nitrogen and oxygen atoms in total. The van der Waals surface area contributed by atoms with Crippen LogP contribution in [0.15, 0.2) is 18.2 Å². The lowest BCUT2D eigenvalue weighted by Gasteiger charge is -2.33. The van der Waals surface area contributed by atoms with Crippen LogP contribution in [0.2, 0.25) is 5.02 Å². The number of rotatable bonds is 4. The number of benzene rings is 1. The van der Waals surface area contributed by atoms with Crippen LogP contribution in [0.25, 0.3) is 0 Å². The standard InChI is InChI=1S/C14H19ClFN3O.2ClH/c15-13-6-11(16)4-3-10(13)8-19-5-1-2-12(9-19)18-14(20)7-17;;/h3-4,6,12H,1-2,5,7-9,17H2,(H,18,20);2*1H. The van der Waals surface area contributed by atoms with Gasteiger partial charge in [0, 0.05) is 24.2 Å². The van der Waals surface area contributed by atoms with Crippen LogP contribution in [0.3, 0.4) is 0 Å². The van der Waals surface area contributed by atoms with Gasteiger partial charge in [0.05, 0.1) is 6.54 Å². The monoisotopic (exact) mass is 371 g/mol. The van der Waals surface area contributed by atoms with Crippen LogP contribution in [0.5, 0.6) is 0 Å². The van der Waals surface area contributed by atoms with E-state index in [2.05, 4.69) is 10.2 Å². The highest BCUT2D eigenvalue weighted by Gasteiger charge is 2.21. The molecule has 0 saturated carbocycles. The zero-order chi connectivity index (χ0) is 14.5. The average Bonchev–Trinajstić information content (AvgIpc) is 2.42. The number of hydrogen-bond acceptors (Lipinski definition) is 3. The zero-order valence-corrected chi connectivity index (χ0v) is 14.4. The molecule has 1 aromatic rings. The number of likely N-dealkylation sites (tertiary alicyclic amines) is 1. The molecule has 1 saturated heterocycles. The number of amides is 1. The van der Waals surface area contributed by atoms with Crippen molar-refractivity contribution >= 4 is 42.3 Å². The van der Waals surface area contributed by atoms with Crippen molar-refractivity contribution in [2.75, 3.05) is 19.6 Å². The van der Waals surface area contributed by atoms with Gasteiger partial charge < -0.3 is 11.1 Å². The van der Waals surface area contributed by atoms with Crippen LogP contribution < -0.4 is 11.1 Å². The van der Waals surface area contributed by atoms with E-state index >= 15 is 0 Å². The molecule has 22 heavy (non-hydrogen) atoms. The number of nitrogens with zero attached hydrogens (tertiary/aromatic N) is 1. The zero-order valence-electron chi connectivity index (χ0n) is 12.1. The van der Waals surface area contributed by atoms with Crippen molar-refractivity contribution in [1.29, 1.82) is 0 Å². The van der Waals surface area contributed by atoms with Crippen LogP contribution in [0.4, 0.5) is 4.39 Å². The maximum atomic E-state index is 13.0. The molecule has 1 amide bonds. The third-order valence-corrected chi connectivity index (χ3v) is 3.82. The Morgan fingerprint density at radius 1 is 1.45 bits per heavy atom. The van der Waals surface area contributed by atoms with Gasteiger partial charge in [-0.15, -0.1) is 24.8 Å². The van der Waals surface area contributed by atoms with Gasteiger partial charge in [-0.3, -0.25) is 9.69 Å². The fourth-order valence-corrected chi connectivity index (χ4v) is 2.72. The van der Waals surface area contributed by atoms with E-state index in [4.69, 9.17) is 17.3 Å². The van der Waals surface area contributed by atoms with E-state index in [1.807, 2.05) is 0 Å². The Bertz CT molecular complexity index is 490. The van der Waals surface area contributed by atoms with Crippen LogP contribution in [0, 0.1) is 5.82 Å². The van der Waals surface area contributed by atoms with Gasteiger partial charge in [-0.25, -0.2) is 4.39 Å². The van der Waals surface area contributed by atoms with Crippen LogP contribution >= 0.6 is 36.4 Å². The predicted octanol–water partition coefficient (Wildman–Crippen LogP) is 2.36. The smallest absolute Gasteiger partial charge is 0.233 e. The second-order valence-electron chi connectivity index (χ2n) is 5.08. The van der Waals surface area contributed by atoms with Crippen molar-refractivity contribution in [1.82, 2.24) is 10.2 Å². The predicted molar refractivity (Wildman–Crippen MR) is 91.4 cm³/mol. The number of nitrogens with two attached hydrogens (primary N) is 1. The molecule has 0 aliphatic carbocycles. The quantitative estimate of drug-likeness (QED) is 0.853. The molecule has 1 aliphatic rings. The molecular weight excluding hydrogens is 352 g/mol. The maximum absolute atomic E-state index is 13.0. The van der Waals surface area contributed by atoms with Gasteiger partial charge in [-0.05, 0) is 37.1 Å². The minimum absolute atomic E-state index is 0. The number of hydrogen-bond donors (Lipinski definition) is 2. The van der Waals surface area contributed by atoms with Crippen molar-refractivity contribution in [3.8, 4) is 0 Å². The Morgan fingerprint density at radius 2 is 2.18 bits per heavy atom. The van der Waals surface area contributed by atoms with E-state index in [9.17, 15) is 9.18 Å². The first-order chi connectivity index (χ1) is 9.58. The molecule has 0 bridgehead atoms. The molecule has 1 unspecified atom stereocenters. The van der Waals surface area contributed by atoms with E-state index in [0.717, 1.165) is 31.5 Å². The van der Waals surface area contributed by atoms with Gasteiger partial charge in [0.2, 0.25) is 5.91 Å². The highest BCUT2D eigenvalue weighted by atomic mass is 35.5. The van der Waals surface area contributed by atoms with Gasteiger partial charge in [0.15, 0.2) is 0 Å². The SMILES string of the molecule is Cl.Cl.NCC(=O)NC1CCCN(Cc2ccc(F)cc2Cl)C1. The van der Waals surface area contributed by atoms with Crippen LogP contribution in [-0.4, -0.2) is 36.5 Å². The summed E-state index contributed by atoms with van der Waals surface area (Å²) in [5, 5.41) is 3.35. The lowest BCUT2D eigenvalue weighted by Crippen LogP contribution is -2.48. The molecule has 2 rings (SSSR count). The normalized spacial score (nSPS) is 18.0. The largest absolute Gasteiger partial charge is 0.351 e. The summed E-state index contributed by atoms with van der Waals surface area (Å²) in [5.41, 5.74) is 6.20. The lowest BCUT2D eigenvalue weighted by molar-refractivity contribution is -0.120. The van der Waals surface area contributed by atoms with Crippen molar-refractivity contribution in [2.45, 2.75) is 25.4 Å². The second-order valence-corrected chi connectivity index (χ2v) is 5.49. The van der Waals surface area contributed by atoms with Crippen LogP contribution in [-0.2, 0) is 11.3 Å². The van der Waals surface area contributed by atoms with Crippen molar-refractivity contribution in [2.24, 2.45) is 5.73 Å². The molecule has 1 aliphatic heterocycles. The molecule has 1 atom stereocenters. The van der Waals surface area contributed by atoms with E-state index in [1.54, 1.807) is 6.07 Å². The van der Waals surface area contributed by atoms with E-state index in [-0.39, 0.29) is 49.1 Å². The third-order valence-electron chi connectivity index (χ3n) is 3.47. The van der Waals surface area contributed by atoms with Gasteiger partial charge in [0.1, 0.15) is 5.82 Å². The Morgan fingerprint density at radius 3 is 2.82 bits per heavy atom. The van der Waals surface area contributed by atoms with E-state index in [0.29, 0.717) is 11.6 Å². The summed E-state index contributed by atoms with van der Waals surface area (Å²) >= 11 is 6.04. The summed E-state index contributed by atoms with van der Waals surface area (Å²) in [6.45, 7) is 2.39. The highest BCUT2D eigenvalue weighted by molar-refractivity contribution is 6.31. The first kappa shape index (κ1) is 21.4. The van der Waals surface area contributed by atoms with Crippen molar-refractivity contribution in [3.05, 3.63) is 34.6 Å². The van der Waals surface area contributed by atoms with Gasteiger partial charge >= 0.3 is 0 Å². The summed E-state index contributed by atoms with van der Waals surface area (Å²) in [6, 6.07) is 4.58. The first-order valence-corrected chi connectivity index (χ1v) is 7.12. The molecule has 3 N–H and O–H groups in total. The Hall–Kier alpha value is -0.590. The van der Waals surface area contributed by atoms with Crippen molar-refractivity contribution < 1.29 is 9.18 Å². The van der Waals surface area contributed by atoms with Gasteiger partial charge in [-0.2, -0.15) is 0 Å². The number of carbonyl (C=O) groups excluding carboxylic acids is 1. The summed E-state index contributed by atoms with van der Waals surface area (Å²) in [7, 11) is 0. The average molecular weight is 373 g/mol. The fraction of sp³-hybridized carbons (Fsp3) is 0.500. The van der Waals surface area contributed by atoms with E-state index in [1.165, 1.54) is 12.1 Å². The highest BCUT2D eigenvalue weighted by Crippen LogP contribution is 2.21. The minimum atomic E-state index is -0.328. The summed E-state index contributed by atoms with van der Waals surface area (Å²) in [5.74, 6) is -0.456. The lowest BCUT2D eigenvalue weighted by atomic mass is 10.0. The Kier molecular flexibility index (Phi) is 9.96. The maximum Gasteiger partial charge on any atom is 0.233 e. The summed E-state index contributed by atoms with van der Waals surface area (Å²) < 4.78 is 13.0. The molecule has 126 valence electrons. The Labute approximate surface area is 147 Å². The molecule has 0 aromatic heterocycles. The second kappa shape index (κ2) is 10.2. The number of carbonyl (C=O) groups is 1. The van der Waals surface area contributed by atoms with Gasteiger partial charge in [-0.1, -0.05) is 17.7 Å². The number of nitrogens with one attached hydrogen (secondary N) is 1. The topological polar surface area (TPSA) is 58.4 Å². The summed E-state index contributed by atoms with van der Waals surface area (Å²) in [6.07, 6.45) is 1.97. The van der Waals surface area contributed by atoms with Crippen molar-refractivity contribution in [3.63, 3.8) is 0 Å². The van der Waals surface area contributed by atoms with Crippen LogP contribution in [0.1, 0.15) is 18.4 Å². The molecular formula is C14H21Cl3FN3O. The first-order valence-electron chi connectivity index (χ1n) is 6.74. The molecule has 1 heterocycles. The molecule has 1 aromatic carbocycles. The van der Waals surface area contributed by atoms with Gasteiger partial charge in [0.25, 0.3) is 0 Å².